The lowest BCUT2D eigenvalue weighted by atomic mass is 10.0. The first-order chi connectivity index (χ1) is 13.1. The summed E-state index contributed by atoms with van der Waals surface area (Å²) in [4.78, 5) is 20.7. The van der Waals surface area contributed by atoms with Crippen molar-refractivity contribution in [2.45, 2.75) is 26.3 Å². The Hall–Kier alpha value is -3.35. The quantitative estimate of drug-likeness (QED) is 0.481. The molecule has 4 rings (SSSR count). The van der Waals surface area contributed by atoms with Crippen molar-refractivity contribution >= 4 is 16.9 Å². The number of H-pyrrole nitrogens is 2. The summed E-state index contributed by atoms with van der Waals surface area (Å²) in [7, 11) is 0. The molecule has 0 aliphatic rings. The summed E-state index contributed by atoms with van der Waals surface area (Å²) in [5.41, 5.74) is 2.81. The molecule has 1 amide bonds. The third-order valence-electron chi connectivity index (χ3n) is 4.35. The first kappa shape index (κ1) is 17.1. The van der Waals surface area contributed by atoms with Crippen LogP contribution in [-0.2, 0) is 0 Å². The molecule has 0 saturated heterocycles. The zero-order valence-electron chi connectivity index (χ0n) is 15.2. The average Bonchev–Trinajstić information content (AvgIpc) is 3.39. The number of imidazole rings is 1. The second kappa shape index (κ2) is 7.11. The number of aromatic nitrogens is 4. The van der Waals surface area contributed by atoms with E-state index in [-0.39, 0.29) is 11.9 Å². The van der Waals surface area contributed by atoms with E-state index in [1.54, 1.807) is 18.4 Å². The van der Waals surface area contributed by atoms with Crippen LogP contribution in [0.25, 0.3) is 22.5 Å². The fourth-order valence-electron chi connectivity index (χ4n) is 3.08. The number of carbonyl (C=O) groups is 1. The number of para-hydroxylation sites is 2. The van der Waals surface area contributed by atoms with Gasteiger partial charge in [-0.15, -0.1) is 0 Å². The molecule has 1 unspecified atom stereocenters. The van der Waals surface area contributed by atoms with E-state index in [9.17, 15) is 4.79 Å². The molecule has 3 aromatic heterocycles. The van der Waals surface area contributed by atoms with E-state index in [1.807, 2.05) is 30.3 Å². The number of carbonyl (C=O) groups excluding carboxylic acids is 1. The summed E-state index contributed by atoms with van der Waals surface area (Å²) in [5.74, 6) is 1.52. The lowest BCUT2D eigenvalue weighted by molar-refractivity contribution is 0.0925. The Morgan fingerprint density at radius 1 is 1.22 bits per heavy atom. The molecule has 4 aromatic rings. The smallest absolute Gasteiger partial charge is 0.272 e. The van der Waals surface area contributed by atoms with Crippen molar-refractivity contribution in [1.29, 1.82) is 0 Å². The molecule has 1 atom stereocenters. The van der Waals surface area contributed by atoms with Gasteiger partial charge in [0.05, 0.1) is 23.3 Å². The van der Waals surface area contributed by atoms with Gasteiger partial charge in [-0.25, -0.2) is 4.98 Å². The van der Waals surface area contributed by atoms with E-state index < -0.39 is 0 Å². The van der Waals surface area contributed by atoms with Crippen molar-refractivity contribution in [3.63, 3.8) is 0 Å². The minimum atomic E-state index is -0.254. The minimum Gasteiger partial charge on any atom is -0.463 e. The number of benzene rings is 1. The fourth-order valence-corrected chi connectivity index (χ4v) is 3.08. The van der Waals surface area contributed by atoms with Crippen LogP contribution in [0.1, 0.15) is 42.6 Å². The number of amides is 1. The summed E-state index contributed by atoms with van der Waals surface area (Å²) in [5, 5.41) is 10.0. The number of fused-ring (bicyclic) bond motifs is 1. The Labute approximate surface area is 156 Å². The fraction of sp³-hybridized carbons (Fsp3) is 0.250. The lowest BCUT2D eigenvalue weighted by Gasteiger charge is -2.18. The van der Waals surface area contributed by atoms with Crippen molar-refractivity contribution in [2.24, 2.45) is 5.92 Å². The molecule has 0 spiro atoms. The van der Waals surface area contributed by atoms with E-state index in [0.29, 0.717) is 23.1 Å². The van der Waals surface area contributed by atoms with Crippen LogP contribution in [0.4, 0.5) is 0 Å². The number of nitrogens with one attached hydrogen (secondary N) is 3. The number of nitrogens with zero attached hydrogens (tertiary/aromatic N) is 2. The average molecular weight is 363 g/mol. The van der Waals surface area contributed by atoms with Crippen molar-refractivity contribution in [3.8, 4) is 11.5 Å². The van der Waals surface area contributed by atoms with Crippen molar-refractivity contribution in [2.75, 3.05) is 0 Å². The summed E-state index contributed by atoms with van der Waals surface area (Å²) < 4.78 is 5.33. The van der Waals surface area contributed by atoms with Crippen LogP contribution in [0.15, 0.2) is 53.1 Å². The number of aromatic amines is 2. The Bertz CT molecular complexity index is 1010. The Morgan fingerprint density at radius 3 is 2.81 bits per heavy atom. The zero-order valence-corrected chi connectivity index (χ0v) is 15.2. The highest BCUT2D eigenvalue weighted by Crippen LogP contribution is 2.23. The van der Waals surface area contributed by atoms with Crippen molar-refractivity contribution in [1.82, 2.24) is 25.5 Å². The molecule has 0 radical (unpaired) electrons. The van der Waals surface area contributed by atoms with Crippen LogP contribution in [0.3, 0.4) is 0 Å². The second-order valence-corrected chi connectivity index (χ2v) is 6.94. The summed E-state index contributed by atoms with van der Waals surface area (Å²) in [6, 6.07) is 12.9. The van der Waals surface area contributed by atoms with Gasteiger partial charge in [-0.1, -0.05) is 26.0 Å². The third kappa shape index (κ3) is 3.62. The molecule has 3 N–H and O–H groups in total. The Kier molecular flexibility index (Phi) is 4.50. The van der Waals surface area contributed by atoms with Crippen LogP contribution < -0.4 is 5.32 Å². The SMILES string of the molecule is CC(C)CC(NC(=O)c1cc(-c2ccco2)[nH]n1)c1nc2ccccc2[nH]1. The van der Waals surface area contributed by atoms with Crippen LogP contribution >= 0.6 is 0 Å². The van der Waals surface area contributed by atoms with E-state index >= 15 is 0 Å². The summed E-state index contributed by atoms with van der Waals surface area (Å²) in [6.45, 7) is 4.23. The van der Waals surface area contributed by atoms with Crippen LogP contribution in [0.2, 0.25) is 0 Å². The standard InChI is InChI=1S/C20H21N5O2/c1-12(2)10-16(19-21-13-6-3-4-7-14(13)22-19)23-20(26)17-11-15(24-25-17)18-8-5-9-27-18/h3-9,11-12,16H,10H2,1-2H3,(H,21,22)(H,23,26)(H,24,25). The van der Waals surface area contributed by atoms with Crippen molar-refractivity contribution < 1.29 is 9.21 Å². The highest BCUT2D eigenvalue weighted by molar-refractivity contribution is 5.93. The van der Waals surface area contributed by atoms with E-state index in [0.717, 1.165) is 23.3 Å². The molecule has 27 heavy (non-hydrogen) atoms. The van der Waals surface area contributed by atoms with E-state index in [1.165, 1.54) is 0 Å². The first-order valence-electron chi connectivity index (χ1n) is 8.95. The highest BCUT2D eigenvalue weighted by Gasteiger charge is 2.22. The summed E-state index contributed by atoms with van der Waals surface area (Å²) in [6.07, 6.45) is 2.34. The van der Waals surface area contributed by atoms with Gasteiger partial charge in [0, 0.05) is 6.07 Å². The molecular weight excluding hydrogens is 342 g/mol. The third-order valence-corrected chi connectivity index (χ3v) is 4.35. The van der Waals surface area contributed by atoms with Gasteiger partial charge in [0.2, 0.25) is 0 Å². The molecule has 138 valence electrons. The Morgan fingerprint density at radius 2 is 2.07 bits per heavy atom. The maximum absolute atomic E-state index is 12.7. The predicted octanol–water partition coefficient (Wildman–Crippen LogP) is 4.06. The molecular formula is C20H21N5O2. The lowest BCUT2D eigenvalue weighted by Crippen LogP contribution is -2.30. The van der Waals surface area contributed by atoms with Gasteiger partial charge >= 0.3 is 0 Å². The maximum atomic E-state index is 12.7. The van der Waals surface area contributed by atoms with Crippen LogP contribution in [0, 0.1) is 5.92 Å². The Balaban J connectivity index is 1.57. The van der Waals surface area contributed by atoms with Gasteiger partial charge in [0.25, 0.3) is 5.91 Å². The molecule has 1 aromatic carbocycles. The number of hydrogen-bond donors (Lipinski definition) is 3. The van der Waals surface area contributed by atoms with E-state index in [4.69, 9.17) is 4.42 Å². The van der Waals surface area contributed by atoms with Crippen molar-refractivity contribution in [3.05, 3.63) is 60.2 Å². The normalized spacial score (nSPS) is 12.6. The minimum absolute atomic E-state index is 0.228. The molecule has 0 aliphatic heterocycles. The molecule has 0 bridgehead atoms. The van der Waals surface area contributed by atoms with Crippen LogP contribution in [0.5, 0.6) is 0 Å². The van der Waals surface area contributed by atoms with Gasteiger partial charge in [0.1, 0.15) is 11.5 Å². The van der Waals surface area contributed by atoms with Gasteiger partial charge in [0.15, 0.2) is 11.5 Å². The summed E-state index contributed by atoms with van der Waals surface area (Å²) >= 11 is 0. The topological polar surface area (TPSA) is 99.6 Å². The molecule has 0 aliphatic carbocycles. The monoisotopic (exact) mass is 363 g/mol. The molecule has 0 saturated carbocycles. The highest BCUT2D eigenvalue weighted by atomic mass is 16.3. The van der Waals surface area contributed by atoms with Gasteiger partial charge < -0.3 is 14.7 Å². The zero-order chi connectivity index (χ0) is 18.8. The largest absolute Gasteiger partial charge is 0.463 e. The maximum Gasteiger partial charge on any atom is 0.272 e. The van der Waals surface area contributed by atoms with E-state index in [2.05, 4.69) is 39.3 Å². The number of furan rings is 1. The first-order valence-corrected chi connectivity index (χ1v) is 8.95. The number of rotatable bonds is 6. The second-order valence-electron chi connectivity index (χ2n) is 6.94. The molecule has 0 fully saturated rings. The molecule has 7 heteroatoms. The van der Waals surface area contributed by atoms with Gasteiger partial charge in [-0.05, 0) is 36.6 Å². The predicted molar refractivity (Wildman–Crippen MR) is 102 cm³/mol. The van der Waals surface area contributed by atoms with Gasteiger partial charge in [-0.3, -0.25) is 9.89 Å². The van der Waals surface area contributed by atoms with Gasteiger partial charge in [-0.2, -0.15) is 5.10 Å². The van der Waals surface area contributed by atoms with Crippen LogP contribution in [-0.4, -0.2) is 26.1 Å². The number of hydrogen-bond acceptors (Lipinski definition) is 4. The molecule has 3 heterocycles. The molecule has 7 nitrogen and oxygen atoms in total.